The minimum Gasteiger partial charge on any atom is -0.294 e. The third kappa shape index (κ3) is 3.01. The Balaban J connectivity index is 2.25. The highest BCUT2D eigenvalue weighted by Crippen LogP contribution is 2.39. The van der Waals surface area contributed by atoms with Gasteiger partial charge in [0.25, 0.3) is 0 Å². The Bertz CT molecular complexity index is 518. The molecule has 0 heterocycles. The number of ketones is 1. The van der Waals surface area contributed by atoms with Crippen LogP contribution in [0.4, 0.5) is 0 Å². The Morgan fingerprint density at radius 2 is 1.71 bits per heavy atom. The molecule has 1 aliphatic carbocycles. The van der Waals surface area contributed by atoms with E-state index in [9.17, 15) is 4.79 Å². The quantitative estimate of drug-likeness (QED) is 0.634. The van der Waals surface area contributed by atoms with E-state index < -0.39 is 8.07 Å². The number of carbonyl (C=O) groups is 1. The zero-order valence-corrected chi connectivity index (χ0v) is 15.4. The van der Waals surface area contributed by atoms with E-state index in [1.54, 1.807) is 0 Å². The van der Waals surface area contributed by atoms with Crippen molar-refractivity contribution in [3.05, 3.63) is 34.9 Å². The summed E-state index contributed by atoms with van der Waals surface area (Å²) in [6.07, 6.45) is 2.01. The lowest BCUT2D eigenvalue weighted by Gasteiger charge is -2.28. The van der Waals surface area contributed by atoms with Gasteiger partial charge in [-0.15, -0.1) is 0 Å². The van der Waals surface area contributed by atoms with Crippen LogP contribution in [0.25, 0.3) is 0 Å². The van der Waals surface area contributed by atoms with Crippen molar-refractivity contribution in [2.75, 3.05) is 0 Å². The summed E-state index contributed by atoms with van der Waals surface area (Å²) in [4.78, 5) is 12.7. The van der Waals surface area contributed by atoms with Crippen LogP contribution in [0.2, 0.25) is 24.2 Å². The molecule has 0 amide bonds. The Kier molecular flexibility index (Phi) is 4.77. The summed E-state index contributed by atoms with van der Waals surface area (Å²) in [7, 11) is -1.10. The Morgan fingerprint density at radius 3 is 2.29 bits per heavy atom. The molecule has 0 unspecified atom stereocenters. The predicted molar refractivity (Wildman–Crippen MR) is 94.0 cm³/mol. The molecule has 116 valence electrons. The van der Waals surface area contributed by atoms with Crippen molar-refractivity contribution in [3.63, 3.8) is 0 Å². The van der Waals surface area contributed by atoms with Crippen molar-refractivity contribution in [1.29, 1.82) is 0 Å². The van der Waals surface area contributed by atoms with Crippen molar-refractivity contribution >= 4 is 13.9 Å². The maximum atomic E-state index is 12.7. The first-order valence-electron chi connectivity index (χ1n) is 8.54. The van der Waals surface area contributed by atoms with E-state index in [1.165, 1.54) is 35.3 Å². The van der Waals surface area contributed by atoms with E-state index in [0.717, 1.165) is 18.4 Å². The fraction of sp³-hybridized carbons (Fsp3) is 0.632. The van der Waals surface area contributed by atoms with E-state index >= 15 is 0 Å². The van der Waals surface area contributed by atoms with Crippen LogP contribution < -0.4 is 0 Å². The normalized spacial score (nSPS) is 17.1. The average Bonchev–Trinajstić information content (AvgIpc) is 2.71. The highest BCUT2D eigenvalue weighted by molar-refractivity contribution is 6.79. The van der Waals surface area contributed by atoms with Gasteiger partial charge in [0.05, 0.1) is 8.07 Å². The molecule has 2 rings (SSSR count). The number of Topliss-reactive ketones (excluding diaryl/α,β-unsaturated/α-hetero) is 1. The van der Waals surface area contributed by atoms with E-state index in [0.29, 0.717) is 5.78 Å². The Hall–Kier alpha value is -0.893. The molecule has 0 saturated heterocycles. The number of hydrogen-bond acceptors (Lipinski definition) is 1. The Morgan fingerprint density at radius 1 is 1.10 bits per heavy atom. The molecule has 0 aromatic heterocycles. The molecule has 1 aliphatic rings. The number of fused-ring (bicyclic) bond motifs is 1. The van der Waals surface area contributed by atoms with Crippen LogP contribution in [-0.2, 0) is 12.8 Å². The first kappa shape index (κ1) is 16.5. The lowest BCUT2D eigenvalue weighted by atomic mass is 9.88. The summed E-state index contributed by atoms with van der Waals surface area (Å²) in [6, 6.07) is 11.9. The zero-order chi connectivity index (χ0) is 15.7. The van der Waals surface area contributed by atoms with Crippen molar-refractivity contribution in [3.8, 4) is 0 Å². The third-order valence-electron chi connectivity index (χ3n) is 5.89. The predicted octanol–water partition coefficient (Wildman–Crippen LogP) is 5.50. The number of rotatable bonds is 6. The second-order valence-electron chi connectivity index (χ2n) is 7.40. The molecule has 1 aromatic carbocycles. The van der Waals surface area contributed by atoms with Gasteiger partial charge in [-0.05, 0) is 24.0 Å². The lowest BCUT2D eigenvalue weighted by molar-refractivity contribution is 0.0863. The topological polar surface area (TPSA) is 17.1 Å². The van der Waals surface area contributed by atoms with Gasteiger partial charge >= 0.3 is 0 Å². The molecule has 1 nitrogen and oxygen atoms in total. The van der Waals surface area contributed by atoms with E-state index in [2.05, 4.69) is 52.8 Å². The molecule has 0 N–H and O–H groups in total. The monoisotopic (exact) mass is 302 g/mol. The average molecular weight is 303 g/mol. The minimum atomic E-state index is -1.10. The van der Waals surface area contributed by atoms with Crippen LogP contribution in [0.1, 0.15) is 56.1 Å². The number of benzene rings is 1. The molecule has 0 radical (unpaired) electrons. The molecule has 0 atom stereocenters. The molecular formula is C19H30OSi. The van der Waals surface area contributed by atoms with E-state index in [1.807, 2.05) is 0 Å². The Labute approximate surface area is 131 Å². The van der Waals surface area contributed by atoms with Crippen molar-refractivity contribution in [2.24, 2.45) is 5.41 Å². The van der Waals surface area contributed by atoms with Crippen LogP contribution in [-0.4, -0.2) is 13.9 Å². The molecule has 21 heavy (non-hydrogen) atoms. The van der Waals surface area contributed by atoms with Gasteiger partial charge in [-0.25, -0.2) is 0 Å². The number of carbonyl (C=O) groups excluding carboxylic acids is 1. The van der Waals surface area contributed by atoms with Gasteiger partial charge in [0.1, 0.15) is 0 Å². The van der Waals surface area contributed by atoms with Gasteiger partial charge in [-0.2, -0.15) is 0 Å². The zero-order valence-electron chi connectivity index (χ0n) is 14.4. The third-order valence-corrected chi connectivity index (χ3v) is 11.7. The molecule has 1 aromatic rings. The lowest BCUT2D eigenvalue weighted by Crippen LogP contribution is -2.31. The van der Waals surface area contributed by atoms with Crippen LogP contribution in [0.3, 0.4) is 0 Å². The smallest absolute Gasteiger partial charge is 0.169 e. The van der Waals surface area contributed by atoms with E-state index in [4.69, 9.17) is 0 Å². The van der Waals surface area contributed by atoms with Gasteiger partial charge in [-0.3, -0.25) is 4.79 Å². The molecule has 0 spiro atoms. The molecule has 0 fully saturated rings. The standard InChI is InChI=1S/C19H30OSi/c1-6-21(7-2,8-3)13-12-15-10-9-11-16-14-19(4,5)18(20)17(15)16/h9-11H,6-8,12-14H2,1-5H3. The number of hydrogen-bond donors (Lipinski definition) is 0. The van der Waals surface area contributed by atoms with Crippen molar-refractivity contribution < 1.29 is 4.79 Å². The van der Waals surface area contributed by atoms with Gasteiger partial charge in [0.15, 0.2) is 5.78 Å². The van der Waals surface area contributed by atoms with Crippen LogP contribution >= 0.6 is 0 Å². The van der Waals surface area contributed by atoms with Gasteiger partial charge < -0.3 is 0 Å². The van der Waals surface area contributed by atoms with Gasteiger partial charge in [-0.1, -0.05) is 77.0 Å². The summed E-state index contributed by atoms with van der Waals surface area (Å²) in [5.74, 6) is 0.366. The minimum absolute atomic E-state index is 0.201. The summed E-state index contributed by atoms with van der Waals surface area (Å²) in [5, 5.41) is 0. The van der Waals surface area contributed by atoms with Crippen molar-refractivity contribution in [1.82, 2.24) is 0 Å². The second kappa shape index (κ2) is 6.08. The maximum absolute atomic E-state index is 12.7. The molecular weight excluding hydrogens is 272 g/mol. The van der Waals surface area contributed by atoms with Gasteiger partial charge in [0.2, 0.25) is 0 Å². The summed E-state index contributed by atoms with van der Waals surface area (Å²) >= 11 is 0. The largest absolute Gasteiger partial charge is 0.294 e. The van der Waals surface area contributed by atoms with Crippen molar-refractivity contribution in [2.45, 2.75) is 71.6 Å². The van der Waals surface area contributed by atoms with E-state index in [-0.39, 0.29) is 5.41 Å². The van der Waals surface area contributed by atoms with Gasteiger partial charge in [0, 0.05) is 11.0 Å². The summed E-state index contributed by atoms with van der Waals surface area (Å²) in [5.41, 5.74) is 3.45. The molecule has 0 aliphatic heterocycles. The summed E-state index contributed by atoms with van der Waals surface area (Å²) < 4.78 is 0. The highest BCUT2D eigenvalue weighted by atomic mass is 28.3. The molecule has 2 heteroatoms. The highest BCUT2D eigenvalue weighted by Gasteiger charge is 2.39. The first-order chi connectivity index (χ1) is 9.89. The molecule has 0 saturated carbocycles. The molecule has 0 bridgehead atoms. The van der Waals surface area contributed by atoms with Crippen LogP contribution in [0.5, 0.6) is 0 Å². The van der Waals surface area contributed by atoms with Crippen LogP contribution in [0, 0.1) is 5.41 Å². The SMILES string of the molecule is CC[Si](CC)(CC)CCc1cccc2c1C(=O)C(C)(C)C2. The fourth-order valence-corrected chi connectivity index (χ4v) is 7.24. The fourth-order valence-electron chi connectivity index (χ4n) is 3.88. The summed E-state index contributed by atoms with van der Waals surface area (Å²) in [6.45, 7) is 11.3. The maximum Gasteiger partial charge on any atom is 0.169 e. The number of aryl methyl sites for hydroxylation is 1. The second-order valence-corrected chi connectivity index (χ2v) is 13.0. The first-order valence-corrected chi connectivity index (χ1v) is 11.4. The van der Waals surface area contributed by atoms with Crippen LogP contribution in [0.15, 0.2) is 18.2 Å².